The Kier molecular flexibility index (Phi) is 4.51. The van der Waals surface area contributed by atoms with Crippen LogP contribution in [0.25, 0.3) is 11.0 Å². The summed E-state index contributed by atoms with van der Waals surface area (Å²) >= 11 is 0. The van der Waals surface area contributed by atoms with Crippen LogP contribution >= 0.6 is 0 Å². The number of fused-ring (bicyclic) bond motifs is 1. The Hall–Kier alpha value is -3.16. The number of nitrogens with zero attached hydrogens (tertiary/aromatic N) is 2. The van der Waals surface area contributed by atoms with Crippen LogP contribution in [0.1, 0.15) is 16.1 Å². The SMILES string of the molecule is Cc1cc(C(=O)NCCOc2ccccc2F)c2c(=O)[nH]n(C)c2n1. The topological polar surface area (TPSA) is 89.0 Å². The van der Waals surface area contributed by atoms with Crippen LogP contribution in [0, 0.1) is 12.7 Å². The summed E-state index contributed by atoms with van der Waals surface area (Å²) in [6.07, 6.45) is 0. The predicted octanol–water partition coefficient (Wildman–Crippen LogP) is 1.52. The van der Waals surface area contributed by atoms with Crippen molar-refractivity contribution in [3.8, 4) is 5.75 Å². The van der Waals surface area contributed by atoms with Crippen LogP contribution in [-0.4, -0.2) is 33.8 Å². The maximum absolute atomic E-state index is 13.4. The fourth-order valence-corrected chi connectivity index (χ4v) is 2.55. The molecular formula is C17H17FN4O3. The minimum atomic E-state index is -0.462. The number of para-hydroxylation sites is 1. The Morgan fingerprint density at radius 2 is 2.16 bits per heavy atom. The minimum absolute atomic E-state index is 0.102. The first-order valence-electron chi connectivity index (χ1n) is 7.69. The van der Waals surface area contributed by atoms with Crippen LogP contribution in [0.15, 0.2) is 35.1 Å². The highest BCUT2D eigenvalue weighted by molar-refractivity contribution is 6.05. The number of rotatable bonds is 5. The van der Waals surface area contributed by atoms with E-state index in [-0.39, 0.29) is 35.4 Å². The van der Waals surface area contributed by atoms with Crippen molar-refractivity contribution in [1.82, 2.24) is 20.1 Å². The molecule has 2 heterocycles. The molecule has 0 spiro atoms. The van der Waals surface area contributed by atoms with Gasteiger partial charge in [-0.05, 0) is 25.1 Å². The Labute approximate surface area is 142 Å². The summed E-state index contributed by atoms with van der Waals surface area (Å²) in [5.41, 5.74) is 0.903. The molecule has 0 bridgehead atoms. The summed E-state index contributed by atoms with van der Waals surface area (Å²) in [7, 11) is 1.65. The number of pyridine rings is 1. The molecule has 1 amide bonds. The van der Waals surface area contributed by atoms with E-state index in [4.69, 9.17) is 4.74 Å². The van der Waals surface area contributed by atoms with Crippen molar-refractivity contribution in [1.29, 1.82) is 0 Å². The lowest BCUT2D eigenvalue weighted by molar-refractivity contribution is 0.0948. The zero-order valence-corrected chi connectivity index (χ0v) is 13.8. The van der Waals surface area contributed by atoms with Crippen molar-refractivity contribution in [2.24, 2.45) is 7.05 Å². The smallest absolute Gasteiger partial charge is 0.274 e. The number of carbonyl (C=O) groups excluding carboxylic acids is 1. The van der Waals surface area contributed by atoms with Gasteiger partial charge in [0.2, 0.25) is 0 Å². The van der Waals surface area contributed by atoms with Gasteiger partial charge in [-0.3, -0.25) is 19.4 Å². The fraction of sp³-hybridized carbons (Fsp3) is 0.235. The number of hydrogen-bond donors (Lipinski definition) is 2. The van der Waals surface area contributed by atoms with E-state index in [0.717, 1.165) is 0 Å². The molecule has 2 N–H and O–H groups in total. The molecule has 0 saturated carbocycles. The average Bonchev–Trinajstić information content (AvgIpc) is 2.86. The molecule has 0 aliphatic heterocycles. The molecule has 130 valence electrons. The van der Waals surface area contributed by atoms with Crippen molar-refractivity contribution in [2.75, 3.05) is 13.2 Å². The third-order valence-electron chi connectivity index (χ3n) is 3.67. The predicted molar refractivity (Wildman–Crippen MR) is 90.3 cm³/mol. The lowest BCUT2D eigenvalue weighted by Gasteiger charge is -2.09. The van der Waals surface area contributed by atoms with E-state index in [1.54, 1.807) is 32.2 Å². The first-order valence-corrected chi connectivity index (χ1v) is 7.69. The Morgan fingerprint density at radius 3 is 2.92 bits per heavy atom. The highest BCUT2D eigenvalue weighted by Gasteiger charge is 2.17. The van der Waals surface area contributed by atoms with E-state index in [2.05, 4.69) is 15.4 Å². The molecule has 0 saturated heterocycles. The van der Waals surface area contributed by atoms with E-state index in [1.807, 2.05) is 0 Å². The van der Waals surface area contributed by atoms with E-state index in [1.165, 1.54) is 16.8 Å². The van der Waals surface area contributed by atoms with Crippen LogP contribution in [-0.2, 0) is 7.05 Å². The Morgan fingerprint density at radius 1 is 1.40 bits per heavy atom. The number of amides is 1. The molecule has 25 heavy (non-hydrogen) atoms. The largest absolute Gasteiger partial charge is 0.489 e. The second kappa shape index (κ2) is 6.76. The minimum Gasteiger partial charge on any atom is -0.489 e. The van der Waals surface area contributed by atoms with Crippen LogP contribution in [0.4, 0.5) is 4.39 Å². The maximum Gasteiger partial charge on any atom is 0.274 e. The van der Waals surface area contributed by atoms with Gasteiger partial charge in [-0.15, -0.1) is 0 Å². The number of nitrogens with one attached hydrogen (secondary N) is 2. The molecule has 0 aliphatic carbocycles. The van der Waals surface area contributed by atoms with E-state index in [0.29, 0.717) is 11.3 Å². The summed E-state index contributed by atoms with van der Waals surface area (Å²) < 4.78 is 20.2. The molecule has 0 aliphatic rings. The maximum atomic E-state index is 13.4. The Balaban J connectivity index is 1.71. The van der Waals surface area contributed by atoms with Gasteiger partial charge >= 0.3 is 0 Å². The lowest BCUT2D eigenvalue weighted by Crippen LogP contribution is -2.29. The normalized spacial score (nSPS) is 10.8. The molecular weight excluding hydrogens is 327 g/mol. The zero-order chi connectivity index (χ0) is 18.0. The monoisotopic (exact) mass is 344 g/mol. The lowest BCUT2D eigenvalue weighted by atomic mass is 10.1. The van der Waals surface area contributed by atoms with Crippen LogP contribution in [0.3, 0.4) is 0 Å². The number of benzene rings is 1. The number of aromatic nitrogens is 3. The number of halogens is 1. The molecule has 0 fully saturated rings. The van der Waals surface area contributed by atoms with E-state index in [9.17, 15) is 14.0 Å². The average molecular weight is 344 g/mol. The molecule has 2 aromatic heterocycles. The molecule has 3 aromatic rings. The summed E-state index contributed by atoms with van der Waals surface area (Å²) in [5.74, 6) is -0.751. The van der Waals surface area contributed by atoms with Crippen molar-refractivity contribution in [3.63, 3.8) is 0 Å². The number of H-pyrrole nitrogens is 1. The highest BCUT2D eigenvalue weighted by Crippen LogP contribution is 2.15. The van der Waals surface area contributed by atoms with Gasteiger partial charge in [0.15, 0.2) is 17.2 Å². The van der Waals surface area contributed by atoms with Gasteiger partial charge in [0.05, 0.1) is 17.5 Å². The van der Waals surface area contributed by atoms with Crippen LogP contribution in [0.5, 0.6) is 5.75 Å². The molecule has 0 unspecified atom stereocenters. The summed E-state index contributed by atoms with van der Waals surface area (Å²) in [5, 5.41) is 5.49. The standard InChI is InChI=1S/C17H17FN4O3/c1-10-9-11(14-15(20-10)22(2)21-17(14)24)16(23)19-7-8-25-13-6-4-3-5-12(13)18/h3-6,9H,7-8H2,1-2H3,(H,19,23)(H,21,24). The summed E-state index contributed by atoms with van der Waals surface area (Å²) in [6, 6.07) is 7.60. The van der Waals surface area contributed by atoms with Crippen molar-refractivity contribution in [2.45, 2.75) is 6.92 Å². The molecule has 0 radical (unpaired) electrons. The first-order chi connectivity index (χ1) is 12.0. The quantitative estimate of drug-likeness (QED) is 0.687. The zero-order valence-electron chi connectivity index (χ0n) is 13.8. The van der Waals surface area contributed by atoms with Crippen molar-refractivity contribution in [3.05, 3.63) is 57.8 Å². The molecule has 1 aromatic carbocycles. The summed E-state index contributed by atoms with van der Waals surface area (Å²) in [6.45, 7) is 2.01. The van der Waals surface area contributed by atoms with E-state index < -0.39 is 11.7 Å². The third kappa shape index (κ3) is 3.37. The number of aryl methyl sites for hydroxylation is 2. The molecule has 3 rings (SSSR count). The second-order valence-corrected chi connectivity index (χ2v) is 5.54. The van der Waals surface area contributed by atoms with Crippen LogP contribution in [0.2, 0.25) is 0 Å². The summed E-state index contributed by atoms with van der Waals surface area (Å²) in [4.78, 5) is 28.7. The molecule has 0 atom stereocenters. The Bertz CT molecular complexity index is 993. The van der Waals surface area contributed by atoms with Gasteiger partial charge in [0.25, 0.3) is 11.5 Å². The van der Waals surface area contributed by atoms with Gasteiger partial charge in [-0.2, -0.15) is 0 Å². The van der Waals surface area contributed by atoms with Gasteiger partial charge in [0.1, 0.15) is 6.61 Å². The van der Waals surface area contributed by atoms with Gasteiger partial charge in [-0.25, -0.2) is 9.37 Å². The third-order valence-corrected chi connectivity index (χ3v) is 3.67. The first kappa shape index (κ1) is 16.7. The molecule has 7 nitrogen and oxygen atoms in total. The van der Waals surface area contributed by atoms with Gasteiger partial charge in [-0.1, -0.05) is 12.1 Å². The van der Waals surface area contributed by atoms with Crippen molar-refractivity contribution < 1.29 is 13.9 Å². The van der Waals surface area contributed by atoms with Crippen molar-refractivity contribution >= 4 is 16.9 Å². The van der Waals surface area contributed by atoms with E-state index >= 15 is 0 Å². The van der Waals surface area contributed by atoms with Gasteiger partial charge in [0, 0.05) is 12.7 Å². The van der Waals surface area contributed by atoms with Gasteiger partial charge < -0.3 is 10.1 Å². The van der Waals surface area contributed by atoms with Crippen LogP contribution < -0.4 is 15.6 Å². The highest BCUT2D eigenvalue weighted by atomic mass is 19.1. The number of hydrogen-bond acceptors (Lipinski definition) is 4. The second-order valence-electron chi connectivity index (χ2n) is 5.54. The molecule has 8 heteroatoms. The number of ether oxygens (including phenoxy) is 1. The fourth-order valence-electron chi connectivity index (χ4n) is 2.55. The number of carbonyl (C=O) groups is 1. The number of aromatic amines is 1.